The Bertz CT molecular complexity index is 621. The number of rotatable bonds is 5. The van der Waals surface area contributed by atoms with E-state index in [1.165, 1.54) is 5.56 Å². The Labute approximate surface area is 125 Å². The third-order valence-corrected chi connectivity index (χ3v) is 3.32. The fourth-order valence-electron chi connectivity index (χ4n) is 2.44. The van der Waals surface area contributed by atoms with Crippen molar-refractivity contribution in [2.75, 3.05) is 11.9 Å². The molecule has 0 aliphatic carbocycles. The summed E-state index contributed by atoms with van der Waals surface area (Å²) >= 11 is 0. The number of carbonyl (C=O) groups excluding carboxylic acids is 1. The van der Waals surface area contributed by atoms with Gasteiger partial charge in [0.15, 0.2) is 0 Å². The van der Waals surface area contributed by atoms with Crippen molar-refractivity contribution in [2.24, 2.45) is 0 Å². The molecule has 0 saturated heterocycles. The Morgan fingerprint density at radius 1 is 1.10 bits per heavy atom. The molecular formula is C17H22N2O2. The Morgan fingerprint density at radius 2 is 1.76 bits per heavy atom. The lowest BCUT2D eigenvalue weighted by Gasteiger charge is -2.13. The largest absolute Gasteiger partial charge is 0.465 e. The second kappa shape index (κ2) is 6.59. The van der Waals surface area contributed by atoms with E-state index in [1.807, 2.05) is 32.9 Å². The molecule has 0 spiro atoms. The number of amides is 1. The molecule has 0 fully saturated rings. The number of furan rings is 1. The Morgan fingerprint density at radius 3 is 2.33 bits per heavy atom. The van der Waals surface area contributed by atoms with Gasteiger partial charge in [-0.3, -0.25) is 4.79 Å². The highest BCUT2D eigenvalue weighted by atomic mass is 16.3. The van der Waals surface area contributed by atoms with Gasteiger partial charge in [-0.25, -0.2) is 0 Å². The van der Waals surface area contributed by atoms with E-state index in [0.29, 0.717) is 6.54 Å². The second-order valence-corrected chi connectivity index (χ2v) is 5.44. The van der Waals surface area contributed by atoms with Gasteiger partial charge in [-0.2, -0.15) is 0 Å². The van der Waals surface area contributed by atoms with Gasteiger partial charge < -0.3 is 15.1 Å². The summed E-state index contributed by atoms with van der Waals surface area (Å²) in [7, 11) is 0. The van der Waals surface area contributed by atoms with Crippen molar-refractivity contribution in [3.63, 3.8) is 0 Å². The average Bonchev–Trinajstić information content (AvgIpc) is 2.79. The normalized spacial score (nSPS) is 10.7. The summed E-state index contributed by atoms with van der Waals surface area (Å²) in [6, 6.07) is 7.97. The van der Waals surface area contributed by atoms with Crippen LogP contribution in [-0.2, 0) is 11.3 Å². The molecule has 0 unspecified atom stereocenters. The molecule has 2 aromatic rings. The molecular weight excluding hydrogens is 264 g/mol. The van der Waals surface area contributed by atoms with Crippen molar-refractivity contribution >= 4 is 11.6 Å². The topological polar surface area (TPSA) is 54.3 Å². The van der Waals surface area contributed by atoms with Crippen molar-refractivity contribution in [3.8, 4) is 0 Å². The molecule has 2 rings (SSSR count). The van der Waals surface area contributed by atoms with E-state index in [2.05, 4.69) is 29.7 Å². The lowest BCUT2D eigenvalue weighted by Crippen LogP contribution is -2.28. The maximum atomic E-state index is 12.0. The minimum absolute atomic E-state index is 0.0478. The number of carbonyl (C=O) groups is 1. The van der Waals surface area contributed by atoms with E-state index in [0.717, 1.165) is 28.3 Å². The molecule has 1 aromatic heterocycles. The average molecular weight is 286 g/mol. The first-order valence-corrected chi connectivity index (χ1v) is 7.09. The third kappa shape index (κ3) is 4.20. The van der Waals surface area contributed by atoms with Gasteiger partial charge in [-0.1, -0.05) is 17.7 Å². The van der Waals surface area contributed by atoms with Crippen molar-refractivity contribution in [2.45, 2.75) is 34.2 Å². The molecule has 2 N–H and O–H groups in total. The highest BCUT2D eigenvalue weighted by Crippen LogP contribution is 2.21. The summed E-state index contributed by atoms with van der Waals surface area (Å²) in [4.78, 5) is 12.0. The first kappa shape index (κ1) is 15.3. The number of anilines is 1. The van der Waals surface area contributed by atoms with Gasteiger partial charge in [0.05, 0.1) is 13.1 Å². The number of hydrogen-bond acceptors (Lipinski definition) is 3. The molecule has 0 aliphatic rings. The van der Waals surface area contributed by atoms with Crippen LogP contribution in [0.2, 0.25) is 0 Å². The van der Waals surface area contributed by atoms with E-state index in [4.69, 9.17) is 4.42 Å². The van der Waals surface area contributed by atoms with Crippen LogP contribution < -0.4 is 10.6 Å². The van der Waals surface area contributed by atoms with Gasteiger partial charge in [0.25, 0.3) is 0 Å². The maximum absolute atomic E-state index is 12.0. The lowest BCUT2D eigenvalue weighted by molar-refractivity contribution is -0.115. The van der Waals surface area contributed by atoms with Gasteiger partial charge in [-0.05, 0) is 51.0 Å². The Balaban J connectivity index is 1.87. The summed E-state index contributed by atoms with van der Waals surface area (Å²) in [5.41, 5.74) is 4.28. The number of aryl methyl sites for hydroxylation is 4. The number of nitrogens with one attached hydrogen (secondary N) is 2. The summed E-state index contributed by atoms with van der Waals surface area (Å²) in [5.74, 6) is 1.67. The quantitative estimate of drug-likeness (QED) is 0.887. The van der Waals surface area contributed by atoms with E-state index in [1.54, 1.807) is 0 Å². The van der Waals surface area contributed by atoms with Crippen molar-refractivity contribution in [3.05, 3.63) is 52.5 Å². The van der Waals surface area contributed by atoms with Crippen LogP contribution in [0.25, 0.3) is 0 Å². The minimum atomic E-state index is -0.0478. The minimum Gasteiger partial charge on any atom is -0.465 e. The van der Waals surface area contributed by atoms with Gasteiger partial charge in [0, 0.05) is 5.69 Å². The SMILES string of the molecule is Cc1cc(C)c(NC(=O)CNCc2ccc(C)o2)c(C)c1. The zero-order chi connectivity index (χ0) is 15.4. The van der Waals surface area contributed by atoms with Crippen LogP contribution in [0.1, 0.15) is 28.2 Å². The molecule has 0 radical (unpaired) electrons. The molecule has 112 valence electrons. The van der Waals surface area contributed by atoms with E-state index < -0.39 is 0 Å². The van der Waals surface area contributed by atoms with Gasteiger partial charge >= 0.3 is 0 Å². The highest BCUT2D eigenvalue weighted by Gasteiger charge is 2.08. The predicted octanol–water partition coefficient (Wildman–Crippen LogP) is 3.24. The first-order valence-electron chi connectivity index (χ1n) is 7.09. The number of hydrogen-bond donors (Lipinski definition) is 2. The Hall–Kier alpha value is -2.07. The zero-order valence-corrected chi connectivity index (χ0v) is 13.0. The molecule has 4 heteroatoms. The molecule has 0 saturated carbocycles. The summed E-state index contributed by atoms with van der Waals surface area (Å²) in [5, 5.41) is 6.04. The van der Waals surface area contributed by atoms with Crippen LogP contribution >= 0.6 is 0 Å². The molecule has 4 nitrogen and oxygen atoms in total. The fourth-order valence-corrected chi connectivity index (χ4v) is 2.44. The van der Waals surface area contributed by atoms with Crippen LogP contribution in [0.3, 0.4) is 0 Å². The van der Waals surface area contributed by atoms with Gasteiger partial charge in [-0.15, -0.1) is 0 Å². The predicted molar refractivity (Wildman–Crippen MR) is 84.4 cm³/mol. The molecule has 0 atom stereocenters. The van der Waals surface area contributed by atoms with Crippen LogP contribution in [0, 0.1) is 27.7 Å². The maximum Gasteiger partial charge on any atom is 0.238 e. The number of benzene rings is 1. The summed E-state index contributed by atoms with van der Waals surface area (Å²) in [6.07, 6.45) is 0. The summed E-state index contributed by atoms with van der Waals surface area (Å²) < 4.78 is 5.44. The molecule has 1 heterocycles. The van der Waals surface area contributed by atoms with Gasteiger partial charge in [0.2, 0.25) is 5.91 Å². The second-order valence-electron chi connectivity index (χ2n) is 5.44. The van der Waals surface area contributed by atoms with Crippen molar-refractivity contribution < 1.29 is 9.21 Å². The van der Waals surface area contributed by atoms with Crippen LogP contribution in [0.15, 0.2) is 28.7 Å². The molecule has 0 aliphatic heterocycles. The van der Waals surface area contributed by atoms with Crippen LogP contribution in [-0.4, -0.2) is 12.5 Å². The molecule has 1 amide bonds. The van der Waals surface area contributed by atoms with Crippen molar-refractivity contribution in [1.29, 1.82) is 0 Å². The van der Waals surface area contributed by atoms with Crippen LogP contribution in [0.4, 0.5) is 5.69 Å². The fraction of sp³-hybridized carbons (Fsp3) is 0.353. The molecule has 0 bridgehead atoms. The monoisotopic (exact) mass is 286 g/mol. The van der Waals surface area contributed by atoms with Crippen molar-refractivity contribution in [1.82, 2.24) is 5.32 Å². The smallest absolute Gasteiger partial charge is 0.238 e. The summed E-state index contributed by atoms with van der Waals surface area (Å²) in [6.45, 7) is 8.78. The third-order valence-electron chi connectivity index (χ3n) is 3.32. The standard InChI is InChI=1S/C17H22N2O2/c1-11-7-12(2)17(13(3)8-11)19-16(20)10-18-9-15-6-5-14(4)21-15/h5-8,18H,9-10H2,1-4H3,(H,19,20). The van der Waals surface area contributed by atoms with Gasteiger partial charge in [0.1, 0.15) is 11.5 Å². The zero-order valence-electron chi connectivity index (χ0n) is 13.0. The Kier molecular flexibility index (Phi) is 4.81. The van der Waals surface area contributed by atoms with E-state index in [9.17, 15) is 4.79 Å². The molecule has 1 aromatic carbocycles. The highest BCUT2D eigenvalue weighted by molar-refractivity contribution is 5.93. The van der Waals surface area contributed by atoms with E-state index in [-0.39, 0.29) is 12.5 Å². The first-order chi connectivity index (χ1) is 9.95. The van der Waals surface area contributed by atoms with E-state index >= 15 is 0 Å². The molecule has 21 heavy (non-hydrogen) atoms. The lowest BCUT2D eigenvalue weighted by atomic mass is 10.1. The van der Waals surface area contributed by atoms with Crippen LogP contribution in [0.5, 0.6) is 0 Å².